The number of aryl methyl sites for hydroxylation is 1. The Morgan fingerprint density at radius 2 is 1.05 bits per heavy atom. The number of alkyl halides is 6. The Morgan fingerprint density at radius 3 is 1.57 bits per heavy atom. The molecule has 0 spiro atoms. The van der Waals surface area contributed by atoms with Crippen LogP contribution in [0, 0.1) is 6.92 Å². The Bertz CT molecular complexity index is 2300. The van der Waals surface area contributed by atoms with Crippen molar-refractivity contribution in [1.29, 1.82) is 0 Å². The third-order valence-corrected chi connectivity index (χ3v) is 9.89. The summed E-state index contributed by atoms with van der Waals surface area (Å²) in [5, 5.41) is 37.9. The largest absolute Gasteiger partial charge is 0.491 e. The van der Waals surface area contributed by atoms with Gasteiger partial charge in [-0.1, -0.05) is 30.3 Å². The van der Waals surface area contributed by atoms with Crippen molar-refractivity contribution in [2.45, 2.75) is 43.3 Å². The van der Waals surface area contributed by atoms with Gasteiger partial charge in [0.05, 0.1) is 41.2 Å². The number of ether oxygens (including phenoxy) is 2. The molecule has 58 heavy (non-hydrogen) atoms. The highest BCUT2D eigenvalue weighted by atomic mass is 19.4. The molecule has 2 heterocycles. The SMILES string of the molecule is Cc1cc(Cc2ccc(OCC(O)CO)c(N3C(=O)c4ccc(C(c5ccc6c(c5)C(=O)N(C)C6=O)(C(F)(F)F)C(F)(F)F)cc4C3=O)c2)ccc1OCC(O)CO. The maximum atomic E-state index is 15.2. The lowest BCUT2D eigenvalue weighted by Gasteiger charge is -2.38. The minimum atomic E-state index is -6.15. The second kappa shape index (κ2) is 15.5. The average molecular weight is 817 g/mol. The molecule has 0 bridgehead atoms. The van der Waals surface area contributed by atoms with Gasteiger partial charge < -0.3 is 29.9 Å². The van der Waals surface area contributed by atoms with E-state index < -0.39 is 107 Å². The fraction of sp³-hybridized carbons (Fsp3) is 0.300. The smallest absolute Gasteiger partial charge is 0.411 e. The summed E-state index contributed by atoms with van der Waals surface area (Å²) in [5.74, 6) is -4.24. The number of anilines is 1. The van der Waals surface area contributed by atoms with E-state index in [0.717, 1.165) is 7.05 Å². The van der Waals surface area contributed by atoms with Crippen LogP contribution in [0.15, 0.2) is 72.8 Å². The lowest BCUT2D eigenvalue weighted by atomic mass is 9.71. The first-order valence-electron chi connectivity index (χ1n) is 17.4. The van der Waals surface area contributed by atoms with E-state index in [-0.39, 0.29) is 24.5 Å². The van der Waals surface area contributed by atoms with Gasteiger partial charge in [0, 0.05) is 7.05 Å². The van der Waals surface area contributed by atoms with E-state index in [9.17, 15) is 34.5 Å². The Labute approximate surface area is 325 Å². The first-order valence-corrected chi connectivity index (χ1v) is 17.4. The van der Waals surface area contributed by atoms with Gasteiger partial charge in [-0.3, -0.25) is 24.1 Å². The van der Waals surface area contributed by atoms with Gasteiger partial charge >= 0.3 is 12.4 Å². The summed E-state index contributed by atoms with van der Waals surface area (Å²) in [6, 6.07) is 12.2. The average Bonchev–Trinajstić information content (AvgIpc) is 3.54. The maximum absolute atomic E-state index is 15.2. The Kier molecular flexibility index (Phi) is 11.2. The monoisotopic (exact) mass is 816 g/mol. The molecule has 4 aromatic rings. The van der Waals surface area contributed by atoms with Gasteiger partial charge in [-0.2, -0.15) is 26.3 Å². The van der Waals surface area contributed by atoms with Gasteiger partial charge in [-0.25, -0.2) is 4.90 Å². The quantitative estimate of drug-likeness (QED) is 0.111. The van der Waals surface area contributed by atoms with E-state index in [4.69, 9.17) is 14.6 Å². The van der Waals surface area contributed by atoms with Crippen molar-refractivity contribution in [2.75, 3.05) is 38.4 Å². The molecule has 0 saturated heterocycles. The highest BCUT2D eigenvalue weighted by molar-refractivity contribution is 6.35. The van der Waals surface area contributed by atoms with Crippen LogP contribution in [-0.2, 0) is 11.8 Å². The first-order chi connectivity index (χ1) is 27.2. The summed E-state index contributed by atoms with van der Waals surface area (Å²) in [4.78, 5) is 54.1. The van der Waals surface area contributed by atoms with Crippen LogP contribution < -0.4 is 14.4 Å². The second-order valence-electron chi connectivity index (χ2n) is 13.8. The fourth-order valence-corrected chi connectivity index (χ4v) is 6.94. The van der Waals surface area contributed by atoms with Crippen molar-refractivity contribution in [2.24, 2.45) is 0 Å². The molecule has 0 saturated carbocycles. The molecule has 0 fully saturated rings. The molecule has 306 valence electrons. The molecular formula is C40H34F6N2O10. The van der Waals surface area contributed by atoms with Crippen LogP contribution in [-0.4, -0.2) is 107 Å². The number of aliphatic hydroxyl groups excluding tert-OH is 4. The van der Waals surface area contributed by atoms with Gasteiger partial charge in [0.25, 0.3) is 23.6 Å². The van der Waals surface area contributed by atoms with Crippen LogP contribution >= 0.6 is 0 Å². The van der Waals surface area contributed by atoms with Crippen LogP contribution in [0.25, 0.3) is 0 Å². The van der Waals surface area contributed by atoms with Gasteiger partial charge in [-0.05, 0) is 83.6 Å². The van der Waals surface area contributed by atoms with Crippen LogP contribution in [0.3, 0.4) is 0 Å². The van der Waals surface area contributed by atoms with E-state index in [1.165, 1.54) is 12.1 Å². The number of rotatable bonds is 13. The number of carbonyl (C=O) groups is 4. The summed E-state index contributed by atoms with van der Waals surface area (Å²) in [5.41, 5.74) is -8.71. The van der Waals surface area contributed by atoms with Crippen LogP contribution in [0.5, 0.6) is 11.5 Å². The zero-order chi connectivity index (χ0) is 42.5. The molecule has 12 nitrogen and oxygen atoms in total. The number of hydrogen-bond acceptors (Lipinski definition) is 10. The van der Waals surface area contributed by atoms with E-state index >= 15 is 26.3 Å². The third kappa shape index (κ3) is 7.16. The van der Waals surface area contributed by atoms with E-state index in [2.05, 4.69) is 0 Å². The number of nitrogens with zero attached hydrogens (tertiary/aromatic N) is 2. The molecule has 2 unspecified atom stereocenters. The van der Waals surface area contributed by atoms with Gasteiger partial charge in [0.2, 0.25) is 5.41 Å². The Morgan fingerprint density at radius 1 is 0.603 bits per heavy atom. The topological polar surface area (TPSA) is 174 Å². The molecule has 0 aliphatic carbocycles. The summed E-state index contributed by atoms with van der Waals surface area (Å²) in [6.45, 7) is -0.216. The number of amides is 4. The van der Waals surface area contributed by atoms with Gasteiger partial charge in [0.15, 0.2) is 0 Å². The number of hydrogen-bond donors (Lipinski definition) is 4. The zero-order valence-electron chi connectivity index (χ0n) is 30.5. The van der Waals surface area contributed by atoms with Crippen molar-refractivity contribution in [3.63, 3.8) is 0 Å². The van der Waals surface area contributed by atoms with E-state index in [0.29, 0.717) is 68.6 Å². The van der Waals surface area contributed by atoms with Crippen molar-refractivity contribution < 1.29 is 75.4 Å². The zero-order valence-corrected chi connectivity index (χ0v) is 30.5. The number of carbonyl (C=O) groups excluding carboxylic acids is 4. The van der Waals surface area contributed by atoms with Crippen molar-refractivity contribution in [3.8, 4) is 11.5 Å². The highest BCUT2D eigenvalue weighted by Crippen LogP contribution is 2.57. The molecular weight excluding hydrogens is 782 g/mol. The normalized spacial score (nSPS) is 15.5. The standard InChI is InChI=1S/C40H34F6N2O10/c1-20-11-21(3-9-32(20)57-18-25(51)16-49)12-22-4-10-33(58-19-26(52)17-50)31(13-22)48-36(55)28-8-6-24(15-30(28)37(48)56)38(39(41,42)43,40(44,45)46)23-5-7-27-29(14-23)35(54)47(2)34(27)53/h3-11,13-15,25-26,49-52H,12,16-19H2,1-2H3. The predicted octanol–water partition coefficient (Wildman–Crippen LogP) is 4.49. The van der Waals surface area contributed by atoms with Crippen molar-refractivity contribution in [3.05, 3.63) is 123 Å². The van der Waals surface area contributed by atoms with E-state index in [1.54, 1.807) is 31.2 Å². The summed E-state index contributed by atoms with van der Waals surface area (Å²) < 4.78 is 102. The minimum Gasteiger partial charge on any atom is -0.491 e. The van der Waals surface area contributed by atoms with Crippen LogP contribution in [0.1, 0.15) is 69.2 Å². The molecule has 2 atom stereocenters. The Hall–Kier alpha value is -5.82. The maximum Gasteiger partial charge on any atom is 0.411 e. The number of imide groups is 2. The molecule has 4 amide bonds. The molecule has 4 aromatic carbocycles. The molecule has 0 radical (unpaired) electrons. The molecule has 0 aromatic heterocycles. The molecule has 4 N–H and O–H groups in total. The van der Waals surface area contributed by atoms with Crippen LogP contribution in [0.4, 0.5) is 32.0 Å². The molecule has 2 aliphatic rings. The van der Waals surface area contributed by atoms with Gasteiger partial charge in [-0.15, -0.1) is 0 Å². The number of benzene rings is 4. The lowest BCUT2D eigenvalue weighted by molar-refractivity contribution is -0.288. The molecule has 2 aliphatic heterocycles. The van der Waals surface area contributed by atoms with Crippen molar-refractivity contribution >= 4 is 29.3 Å². The summed E-state index contributed by atoms with van der Waals surface area (Å²) >= 11 is 0. The van der Waals surface area contributed by atoms with Crippen molar-refractivity contribution in [1.82, 2.24) is 4.90 Å². The first kappa shape index (κ1) is 41.8. The van der Waals surface area contributed by atoms with Gasteiger partial charge in [0.1, 0.15) is 36.9 Å². The van der Waals surface area contributed by atoms with E-state index in [1.807, 2.05) is 0 Å². The Balaban J connectivity index is 1.42. The summed E-state index contributed by atoms with van der Waals surface area (Å²) in [7, 11) is 1.02. The highest BCUT2D eigenvalue weighted by Gasteiger charge is 2.73. The number of halogens is 6. The minimum absolute atomic E-state index is 0.157. The lowest BCUT2D eigenvalue weighted by Crippen LogP contribution is -2.55. The molecule has 6 rings (SSSR count). The van der Waals surface area contributed by atoms with Crippen LogP contribution in [0.2, 0.25) is 0 Å². The summed E-state index contributed by atoms with van der Waals surface area (Å²) in [6.07, 6.45) is -14.7. The number of aliphatic hydroxyl groups is 4. The predicted molar refractivity (Wildman–Crippen MR) is 191 cm³/mol. The third-order valence-electron chi connectivity index (χ3n) is 9.89. The second-order valence-corrected chi connectivity index (χ2v) is 13.8. The number of fused-ring (bicyclic) bond motifs is 2. The fourth-order valence-electron chi connectivity index (χ4n) is 6.94. The molecule has 18 heteroatoms.